The molecule has 1 fully saturated rings. The van der Waals surface area contributed by atoms with Crippen LogP contribution < -0.4 is 0 Å². The molecular weight excluding hydrogens is 486 g/mol. The molecule has 5 heteroatoms. The van der Waals surface area contributed by atoms with Crippen molar-refractivity contribution in [2.45, 2.75) is 129 Å². The molecule has 1 saturated carbocycles. The average molecular weight is 546 g/mol. The fourth-order valence-corrected chi connectivity index (χ4v) is 14.3. The minimum Gasteiger partial charge on any atom is -0.659 e. The van der Waals surface area contributed by atoms with E-state index in [1.807, 2.05) is 0 Å². The maximum absolute atomic E-state index is 5.90. The van der Waals surface area contributed by atoms with Crippen molar-refractivity contribution in [1.82, 2.24) is 0 Å². The van der Waals surface area contributed by atoms with Crippen molar-refractivity contribution in [3.05, 3.63) is 37.7 Å². The Kier molecular flexibility index (Phi) is 17.8. The van der Waals surface area contributed by atoms with Crippen LogP contribution in [0.25, 0.3) is 4.98 Å². The number of unbranched alkanes of at least 4 members (excludes halogenated alkanes) is 3. The van der Waals surface area contributed by atoms with Gasteiger partial charge in [0.05, 0.1) is 5.60 Å². The van der Waals surface area contributed by atoms with Crippen LogP contribution in [0.2, 0.25) is 18.1 Å². The van der Waals surface area contributed by atoms with Gasteiger partial charge in [0.1, 0.15) is 0 Å². The molecule has 200 valence electrons. The first-order valence-electron chi connectivity index (χ1n) is 12.4. The molecule has 2 nitrogen and oxygen atoms in total. The molecule has 34 heavy (non-hydrogen) atoms. The Balaban J connectivity index is -0.00000240. The molecule has 6 unspecified atom stereocenters. The van der Waals surface area contributed by atoms with Crippen molar-refractivity contribution in [1.29, 1.82) is 0 Å². The van der Waals surface area contributed by atoms with Gasteiger partial charge in [-0.1, -0.05) is 80.3 Å². The Hall–Kier alpha value is 0.941. The topological polar surface area (TPSA) is 23.3 Å². The zero-order valence-corrected chi connectivity index (χ0v) is 28.8. The van der Waals surface area contributed by atoms with Crippen LogP contribution in [0.3, 0.4) is 0 Å². The van der Waals surface area contributed by atoms with Crippen LogP contribution in [-0.4, -0.2) is 31.2 Å². The first kappa shape index (κ1) is 39.5. The number of hydrogen-bond donors (Lipinski definition) is 0. The first-order valence-corrected chi connectivity index (χ1v) is 16.0. The van der Waals surface area contributed by atoms with Gasteiger partial charge in [-0.15, -0.1) is 17.3 Å². The summed E-state index contributed by atoms with van der Waals surface area (Å²) in [4.78, 5) is 7.26. The molecule has 1 aliphatic carbocycles. The van der Waals surface area contributed by atoms with Gasteiger partial charge in [-0.25, -0.2) is 0 Å². The maximum Gasteiger partial charge on any atom is 4.00 e. The van der Waals surface area contributed by atoms with E-state index in [1.54, 1.807) is 10.5 Å². The quantitative estimate of drug-likeness (QED) is 0.163. The number of thioether (sulfide) groups is 1. The predicted molar refractivity (Wildman–Crippen MR) is 158 cm³/mol. The van der Waals surface area contributed by atoms with E-state index in [0.717, 1.165) is 35.2 Å². The van der Waals surface area contributed by atoms with Gasteiger partial charge in [0.2, 0.25) is 0 Å². The average Bonchev–Trinajstić information content (AvgIpc) is 2.98. The van der Waals surface area contributed by atoms with Crippen LogP contribution in [0.15, 0.2) is 10.5 Å². The molecule has 1 heterocycles. The maximum atomic E-state index is 5.90. The monoisotopic (exact) mass is 545 g/mol. The van der Waals surface area contributed by atoms with E-state index in [4.69, 9.17) is 9.72 Å². The number of fused-ring (bicyclic) bond motifs is 1. The van der Waals surface area contributed by atoms with E-state index < -0.39 is 8.24 Å². The van der Waals surface area contributed by atoms with Gasteiger partial charge < -0.3 is 32.0 Å². The van der Waals surface area contributed by atoms with Crippen LogP contribution in [0.4, 0.5) is 0 Å². The Bertz CT molecular complexity index is 612. The van der Waals surface area contributed by atoms with Crippen molar-refractivity contribution in [3.63, 3.8) is 0 Å². The molecule has 0 radical (unpaired) electrons. The molecule has 0 N–H and O–H groups in total. The molecule has 2 rings (SSSR count). The zero-order chi connectivity index (χ0) is 22.9. The van der Waals surface area contributed by atoms with Gasteiger partial charge in [-0.2, -0.15) is 0 Å². The van der Waals surface area contributed by atoms with E-state index in [0.29, 0.717) is 0 Å². The van der Waals surface area contributed by atoms with Crippen LogP contribution in [0.5, 0.6) is 0 Å². The summed E-state index contributed by atoms with van der Waals surface area (Å²) in [5.41, 5.74) is 2.55. The number of rotatable bonds is 9. The fourth-order valence-electron chi connectivity index (χ4n) is 6.10. The number of allylic oxidation sites excluding steroid dienone is 2. The summed E-state index contributed by atoms with van der Waals surface area (Å²) in [5, 5.41) is 0.776. The van der Waals surface area contributed by atoms with Crippen LogP contribution in [-0.2, 0) is 26.5 Å². The molecular formula is C29H59NOSSiTi. The van der Waals surface area contributed by atoms with Crippen molar-refractivity contribution >= 4 is 20.0 Å². The molecule has 6 atom stereocenters. The van der Waals surface area contributed by atoms with Crippen LogP contribution >= 0.6 is 11.8 Å². The van der Waals surface area contributed by atoms with E-state index >= 15 is 0 Å². The summed E-state index contributed by atoms with van der Waals surface area (Å²) in [6.07, 6.45) is 5.13. The summed E-state index contributed by atoms with van der Waals surface area (Å²) in [5.74, 6) is 2.37. The summed E-state index contributed by atoms with van der Waals surface area (Å²) in [7, 11) is -1.75. The van der Waals surface area contributed by atoms with Gasteiger partial charge in [0.15, 0.2) is 0 Å². The van der Waals surface area contributed by atoms with Crippen molar-refractivity contribution in [2.24, 2.45) is 17.8 Å². The Labute approximate surface area is 237 Å². The second-order valence-electron chi connectivity index (χ2n) is 12.4. The molecule has 0 aromatic heterocycles. The van der Waals surface area contributed by atoms with E-state index in [9.17, 15) is 0 Å². The summed E-state index contributed by atoms with van der Waals surface area (Å²) < 4.78 is 5.90. The van der Waals surface area contributed by atoms with E-state index in [1.165, 1.54) is 31.7 Å². The van der Waals surface area contributed by atoms with Gasteiger partial charge in [0.25, 0.3) is 0 Å². The molecule has 0 bridgehead atoms. The van der Waals surface area contributed by atoms with Gasteiger partial charge in [0, 0.05) is 11.9 Å². The number of ether oxygens (including phenoxy) is 1. The third kappa shape index (κ3) is 10.4. The molecule has 0 aromatic carbocycles. The third-order valence-electron chi connectivity index (χ3n) is 7.46. The van der Waals surface area contributed by atoms with Crippen LogP contribution in [0.1, 0.15) is 94.9 Å². The molecule has 0 amide bonds. The second-order valence-corrected chi connectivity index (χ2v) is 17.9. The Morgan fingerprint density at radius 3 is 1.91 bits per heavy atom. The van der Waals surface area contributed by atoms with Crippen molar-refractivity contribution in [2.75, 3.05) is 6.61 Å². The van der Waals surface area contributed by atoms with E-state index in [2.05, 4.69) is 87.5 Å². The summed E-state index contributed by atoms with van der Waals surface area (Å²) in [6.45, 7) is 26.7. The molecule has 0 aromatic rings. The normalized spacial score (nSPS) is 28.1. The van der Waals surface area contributed by atoms with Crippen LogP contribution in [0, 0.1) is 40.0 Å². The fraction of sp³-hybridized carbons (Fsp3) is 0.828. The van der Waals surface area contributed by atoms with Crippen molar-refractivity contribution < 1.29 is 26.5 Å². The van der Waals surface area contributed by atoms with Crippen molar-refractivity contribution in [3.8, 4) is 0 Å². The molecule has 1 aliphatic heterocycles. The zero-order valence-electron chi connectivity index (χ0n) is 25.4. The largest absolute Gasteiger partial charge is 4.00 e. The molecule has 2 aliphatic rings. The molecule has 0 saturated heterocycles. The van der Waals surface area contributed by atoms with Gasteiger partial charge in [-0.3, -0.25) is 0 Å². The SMILES string of the molecule is CC1=C(C)C2C(C)C(C)C([Si](C)(CCCCCCOC(C)(C)C)[N-]C(C)(C)C)C2S1.[CH3-].[CH3-].[CH3-].[Ti+4]. The summed E-state index contributed by atoms with van der Waals surface area (Å²) >= 11 is 2.20. The Morgan fingerprint density at radius 1 is 0.882 bits per heavy atom. The minimum atomic E-state index is -1.75. The predicted octanol–water partition coefficient (Wildman–Crippen LogP) is 10.1. The van der Waals surface area contributed by atoms with Gasteiger partial charge >= 0.3 is 21.7 Å². The Morgan fingerprint density at radius 2 is 1.41 bits per heavy atom. The second kappa shape index (κ2) is 15.4. The minimum absolute atomic E-state index is 0. The number of nitrogens with zero attached hydrogens (tertiary/aromatic N) is 1. The molecule has 0 spiro atoms. The standard InChI is InChI=1S/C26H50NOSSi.3CH3.Ti/c1-18-19(2)24(23-22(18)20(3)21(4)29-23)30(11,27-25(5,6)7)17-15-13-12-14-16-28-26(8,9)10;;;;/h18-19,22-24H,12-17H2,1-11H3;3*1H3;/q4*-1;+4. The number of hydrogen-bond acceptors (Lipinski definition) is 2. The smallest absolute Gasteiger partial charge is 0.659 e. The first-order chi connectivity index (χ1) is 13.7. The van der Waals surface area contributed by atoms with E-state index in [-0.39, 0.29) is 55.1 Å². The van der Waals surface area contributed by atoms with Gasteiger partial charge in [-0.05, 0) is 69.2 Å². The third-order valence-corrected chi connectivity index (χ3v) is 14.1. The summed E-state index contributed by atoms with van der Waals surface area (Å²) in [6, 6.07) is 1.36.